The molecule has 1 aromatic heterocycles. The smallest absolute Gasteiger partial charge is 0.0766 e. The van der Waals surface area contributed by atoms with Gasteiger partial charge in [0.15, 0.2) is 0 Å². The quantitative estimate of drug-likeness (QED) is 0.917. The maximum Gasteiger partial charge on any atom is 0.0766 e. The van der Waals surface area contributed by atoms with Gasteiger partial charge in [-0.25, -0.2) is 4.68 Å². The highest BCUT2D eigenvalue weighted by molar-refractivity contribution is 6.31. The van der Waals surface area contributed by atoms with E-state index >= 15 is 0 Å². The molecule has 1 saturated carbocycles. The number of rotatable bonds is 4. The van der Waals surface area contributed by atoms with Crippen LogP contribution >= 0.6 is 11.6 Å². The van der Waals surface area contributed by atoms with Crippen LogP contribution in [0.1, 0.15) is 24.1 Å². The second-order valence-electron chi connectivity index (χ2n) is 4.79. The number of hydrogen-bond donors (Lipinski definition) is 1. The van der Waals surface area contributed by atoms with Crippen molar-refractivity contribution in [2.75, 3.05) is 0 Å². The molecule has 3 rings (SSSR count). The largest absolute Gasteiger partial charge is 0.308 e. The van der Waals surface area contributed by atoms with Crippen molar-refractivity contribution < 1.29 is 0 Å². The summed E-state index contributed by atoms with van der Waals surface area (Å²) in [5.74, 6) is 0. The van der Waals surface area contributed by atoms with Gasteiger partial charge in [0.2, 0.25) is 0 Å². The summed E-state index contributed by atoms with van der Waals surface area (Å²) in [6.07, 6.45) is 4.59. The monoisotopic (exact) mass is 261 g/mol. The van der Waals surface area contributed by atoms with Crippen LogP contribution in [-0.4, -0.2) is 15.8 Å². The molecule has 0 amide bonds. The molecule has 3 nitrogen and oxygen atoms in total. The molecule has 1 heterocycles. The van der Waals surface area contributed by atoms with Gasteiger partial charge in [-0.2, -0.15) is 5.10 Å². The molecule has 94 valence electrons. The predicted octanol–water partition coefficient (Wildman–Crippen LogP) is 3.09. The van der Waals surface area contributed by atoms with Crippen molar-refractivity contribution in [1.29, 1.82) is 0 Å². The van der Waals surface area contributed by atoms with Gasteiger partial charge in [-0.05, 0) is 43.5 Å². The summed E-state index contributed by atoms with van der Waals surface area (Å²) >= 11 is 6.13. The van der Waals surface area contributed by atoms with Crippen LogP contribution in [0.3, 0.4) is 0 Å². The normalized spacial score (nSPS) is 15.0. The predicted molar refractivity (Wildman–Crippen MR) is 73.2 cm³/mol. The minimum atomic E-state index is 0.711. The second kappa shape index (κ2) is 4.75. The fraction of sp³-hybridized carbons (Fsp3) is 0.357. The number of nitrogens with zero attached hydrogens (tertiary/aromatic N) is 2. The fourth-order valence-electron chi connectivity index (χ4n) is 1.97. The zero-order valence-electron chi connectivity index (χ0n) is 10.4. The summed E-state index contributed by atoms with van der Waals surface area (Å²) in [7, 11) is 0. The average Bonchev–Trinajstić information content (AvgIpc) is 3.08. The third-order valence-corrected chi connectivity index (χ3v) is 3.69. The lowest BCUT2D eigenvalue weighted by Crippen LogP contribution is -2.15. The molecular weight excluding hydrogens is 246 g/mol. The van der Waals surface area contributed by atoms with E-state index in [0.29, 0.717) is 6.04 Å². The van der Waals surface area contributed by atoms with Gasteiger partial charge in [0.25, 0.3) is 0 Å². The Labute approximate surface area is 112 Å². The van der Waals surface area contributed by atoms with E-state index in [1.165, 1.54) is 12.8 Å². The highest BCUT2D eigenvalue weighted by Gasteiger charge is 2.20. The lowest BCUT2D eigenvalue weighted by atomic mass is 10.2. The summed E-state index contributed by atoms with van der Waals surface area (Å²) in [5.41, 5.74) is 3.17. The van der Waals surface area contributed by atoms with Gasteiger partial charge in [-0.1, -0.05) is 17.7 Å². The van der Waals surface area contributed by atoms with Gasteiger partial charge >= 0.3 is 0 Å². The lowest BCUT2D eigenvalue weighted by Gasteiger charge is -2.07. The van der Waals surface area contributed by atoms with Crippen molar-refractivity contribution in [2.45, 2.75) is 32.4 Å². The van der Waals surface area contributed by atoms with E-state index in [1.807, 2.05) is 36.0 Å². The molecule has 0 saturated heterocycles. The van der Waals surface area contributed by atoms with Crippen molar-refractivity contribution in [1.82, 2.24) is 15.1 Å². The van der Waals surface area contributed by atoms with E-state index in [9.17, 15) is 0 Å². The maximum absolute atomic E-state index is 6.13. The van der Waals surface area contributed by atoms with E-state index in [-0.39, 0.29) is 0 Å². The molecule has 1 aromatic carbocycles. The summed E-state index contributed by atoms with van der Waals surface area (Å²) in [6, 6.07) is 8.65. The van der Waals surface area contributed by atoms with Crippen molar-refractivity contribution in [3.63, 3.8) is 0 Å². The minimum absolute atomic E-state index is 0.711. The molecule has 1 aliphatic rings. The number of halogens is 1. The van der Waals surface area contributed by atoms with Gasteiger partial charge in [-0.15, -0.1) is 0 Å². The van der Waals surface area contributed by atoms with Crippen LogP contribution < -0.4 is 5.32 Å². The molecule has 1 N–H and O–H groups in total. The Morgan fingerprint density at radius 3 is 3.00 bits per heavy atom. The third kappa shape index (κ3) is 2.42. The van der Waals surface area contributed by atoms with Crippen LogP contribution in [0.25, 0.3) is 5.69 Å². The first-order valence-corrected chi connectivity index (χ1v) is 6.65. The first-order chi connectivity index (χ1) is 8.74. The van der Waals surface area contributed by atoms with E-state index in [4.69, 9.17) is 11.6 Å². The first kappa shape index (κ1) is 11.8. The molecular formula is C14H16ClN3. The molecule has 0 bridgehead atoms. The fourth-order valence-corrected chi connectivity index (χ4v) is 2.14. The lowest BCUT2D eigenvalue weighted by molar-refractivity contribution is 0.664. The molecule has 4 heteroatoms. The van der Waals surface area contributed by atoms with Crippen LogP contribution in [-0.2, 0) is 6.54 Å². The standard InChI is InChI=1S/C14H16ClN3/c1-10-13(15)3-2-4-14(10)18-8-7-12(17-18)9-16-11-5-6-11/h2-4,7-8,11,16H,5-6,9H2,1H3. The van der Waals surface area contributed by atoms with Crippen LogP contribution in [0.15, 0.2) is 30.5 Å². The van der Waals surface area contributed by atoms with Crippen LogP contribution in [0, 0.1) is 6.92 Å². The zero-order valence-corrected chi connectivity index (χ0v) is 11.1. The summed E-state index contributed by atoms with van der Waals surface area (Å²) < 4.78 is 1.89. The highest BCUT2D eigenvalue weighted by Crippen LogP contribution is 2.22. The number of benzene rings is 1. The summed E-state index contributed by atoms with van der Waals surface area (Å²) in [4.78, 5) is 0. The topological polar surface area (TPSA) is 29.9 Å². The summed E-state index contributed by atoms with van der Waals surface area (Å²) in [6.45, 7) is 2.86. The zero-order chi connectivity index (χ0) is 12.5. The Morgan fingerprint density at radius 1 is 1.39 bits per heavy atom. The van der Waals surface area contributed by atoms with Crippen LogP contribution in [0.4, 0.5) is 0 Å². The summed E-state index contributed by atoms with van der Waals surface area (Å²) in [5, 5.41) is 8.82. The molecule has 1 fully saturated rings. The number of nitrogens with one attached hydrogen (secondary N) is 1. The van der Waals surface area contributed by atoms with E-state index < -0.39 is 0 Å². The highest BCUT2D eigenvalue weighted by atomic mass is 35.5. The van der Waals surface area contributed by atoms with Gasteiger partial charge in [0, 0.05) is 23.8 Å². The van der Waals surface area contributed by atoms with Gasteiger partial charge in [0.05, 0.1) is 11.4 Å². The Kier molecular flexibility index (Phi) is 3.10. The molecule has 0 radical (unpaired) electrons. The molecule has 0 spiro atoms. The maximum atomic E-state index is 6.13. The average molecular weight is 262 g/mol. The Morgan fingerprint density at radius 2 is 2.22 bits per heavy atom. The minimum Gasteiger partial charge on any atom is -0.308 e. The Hall–Kier alpha value is -1.32. The van der Waals surface area contributed by atoms with E-state index in [1.54, 1.807) is 0 Å². The SMILES string of the molecule is Cc1c(Cl)cccc1-n1ccc(CNC2CC2)n1. The number of aromatic nitrogens is 2. The Bertz CT molecular complexity index is 558. The van der Waals surface area contributed by atoms with Gasteiger partial charge < -0.3 is 5.32 Å². The van der Waals surface area contributed by atoms with Crippen molar-refractivity contribution in [3.05, 3.63) is 46.7 Å². The third-order valence-electron chi connectivity index (χ3n) is 3.28. The molecule has 2 aromatic rings. The van der Waals surface area contributed by atoms with Crippen molar-refractivity contribution >= 4 is 11.6 Å². The molecule has 18 heavy (non-hydrogen) atoms. The second-order valence-corrected chi connectivity index (χ2v) is 5.20. The first-order valence-electron chi connectivity index (χ1n) is 6.27. The molecule has 1 aliphatic carbocycles. The van der Waals surface area contributed by atoms with E-state index in [0.717, 1.165) is 28.5 Å². The van der Waals surface area contributed by atoms with Crippen LogP contribution in [0.2, 0.25) is 5.02 Å². The van der Waals surface area contributed by atoms with Gasteiger partial charge in [0.1, 0.15) is 0 Å². The Balaban J connectivity index is 1.80. The molecule has 0 aliphatic heterocycles. The van der Waals surface area contributed by atoms with Gasteiger partial charge in [-0.3, -0.25) is 0 Å². The van der Waals surface area contributed by atoms with Crippen LogP contribution in [0.5, 0.6) is 0 Å². The molecule has 0 atom stereocenters. The van der Waals surface area contributed by atoms with Crippen molar-refractivity contribution in [2.24, 2.45) is 0 Å². The number of hydrogen-bond acceptors (Lipinski definition) is 2. The van der Waals surface area contributed by atoms with Crippen molar-refractivity contribution in [3.8, 4) is 5.69 Å². The molecule has 0 unspecified atom stereocenters. The van der Waals surface area contributed by atoms with E-state index in [2.05, 4.69) is 16.5 Å².